The number of carbonyl (C=O) groups excluding carboxylic acids is 3. The second-order valence-electron chi connectivity index (χ2n) is 7.78. The van der Waals surface area contributed by atoms with E-state index >= 15 is 0 Å². The summed E-state index contributed by atoms with van der Waals surface area (Å²) in [6.45, 7) is 2.98. The molecule has 7 heteroatoms. The van der Waals surface area contributed by atoms with Gasteiger partial charge in [0.05, 0.1) is 6.07 Å². The van der Waals surface area contributed by atoms with Gasteiger partial charge in [-0.15, -0.1) is 0 Å². The summed E-state index contributed by atoms with van der Waals surface area (Å²) in [5.74, 6) is -0.781. The molecular formula is C20H24N4O3. The van der Waals surface area contributed by atoms with Crippen molar-refractivity contribution in [1.29, 1.82) is 5.26 Å². The Balaban J connectivity index is 1.61. The Morgan fingerprint density at radius 1 is 1.37 bits per heavy atom. The maximum absolute atomic E-state index is 12.8. The molecule has 2 fully saturated rings. The summed E-state index contributed by atoms with van der Waals surface area (Å²) in [7, 11) is 0. The molecule has 1 saturated carbocycles. The van der Waals surface area contributed by atoms with Gasteiger partial charge in [-0.05, 0) is 51.0 Å². The van der Waals surface area contributed by atoms with Gasteiger partial charge in [0.1, 0.15) is 17.6 Å². The highest BCUT2D eigenvalue weighted by Gasteiger charge is 2.49. The van der Waals surface area contributed by atoms with Crippen LogP contribution in [0.15, 0.2) is 30.3 Å². The first-order chi connectivity index (χ1) is 12.8. The van der Waals surface area contributed by atoms with E-state index in [-0.39, 0.29) is 12.5 Å². The largest absolute Gasteiger partial charge is 0.336 e. The molecule has 2 N–H and O–H groups in total. The van der Waals surface area contributed by atoms with Crippen molar-refractivity contribution in [1.82, 2.24) is 15.5 Å². The molecule has 1 heterocycles. The highest BCUT2D eigenvalue weighted by atomic mass is 16.2. The molecule has 0 spiro atoms. The summed E-state index contributed by atoms with van der Waals surface area (Å²) in [5.41, 5.74) is -0.916. The van der Waals surface area contributed by atoms with Crippen LogP contribution in [0.5, 0.6) is 0 Å². The molecule has 1 aromatic rings. The molecule has 0 radical (unpaired) electrons. The molecule has 27 heavy (non-hydrogen) atoms. The molecule has 7 nitrogen and oxygen atoms in total. The fourth-order valence-corrected chi connectivity index (χ4v) is 3.45. The van der Waals surface area contributed by atoms with Crippen molar-refractivity contribution in [2.24, 2.45) is 5.92 Å². The molecule has 2 aliphatic rings. The monoisotopic (exact) mass is 368 g/mol. The smallest absolute Gasteiger partial charge is 0.325 e. The number of nitrogens with zero attached hydrogens (tertiary/aromatic N) is 2. The normalized spacial score (nSPS) is 24.1. The SMILES string of the molecule is C[C@]1(CCc2ccccc2)NC(=O)N(CC(=O)N[C@](C)(C#N)C2CC2)C1=O. The van der Waals surface area contributed by atoms with Gasteiger partial charge in [-0.2, -0.15) is 5.26 Å². The highest BCUT2D eigenvalue weighted by Crippen LogP contribution is 2.39. The van der Waals surface area contributed by atoms with Crippen LogP contribution in [0.25, 0.3) is 0 Å². The zero-order valence-corrected chi connectivity index (χ0v) is 15.6. The Morgan fingerprint density at radius 3 is 2.63 bits per heavy atom. The van der Waals surface area contributed by atoms with Crippen LogP contribution in [-0.4, -0.2) is 40.4 Å². The van der Waals surface area contributed by atoms with Crippen molar-refractivity contribution in [2.45, 2.75) is 50.6 Å². The number of amides is 4. The number of hydrogen-bond donors (Lipinski definition) is 2. The van der Waals surface area contributed by atoms with Crippen LogP contribution in [0.4, 0.5) is 4.79 Å². The maximum Gasteiger partial charge on any atom is 0.325 e. The van der Waals surface area contributed by atoms with Crippen LogP contribution in [0.3, 0.4) is 0 Å². The van der Waals surface area contributed by atoms with Gasteiger partial charge in [-0.3, -0.25) is 14.5 Å². The maximum atomic E-state index is 12.8. The predicted molar refractivity (Wildman–Crippen MR) is 98.3 cm³/mol. The van der Waals surface area contributed by atoms with E-state index in [2.05, 4.69) is 16.7 Å². The number of benzene rings is 1. The lowest BCUT2D eigenvalue weighted by Gasteiger charge is -2.24. The molecule has 2 atom stereocenters. The van der Waals surface area contributed by atoms with Crippen LogP contribution >= 0.6 is 0 Å². The molecule has 4 amide bonds. The topological polar surface area (TPSA) is 102 Å². The molecule has 0 bridgehead atoms. The van der Waals surface area contributed by atoms with Crippen molar-refractivity contribution in [2.75, 3.05) is 6.54 Å². The number of nitrogens with one attached hydrogen (secondary N) is 2. The number of nitriles is 1. The van der Waals surface area contributed by atoms with Gasteiger partial charge in [-0.25, -0.2) is 4.79 Å². The average molecular weight is 368 g/mol. The Labute approximate surface area is 158 Å². The standard InChI is InChI=1S/C20H24N4O3/c1-19(11-10-14-6-4-3-5-7-14)17(26)24(18(27)23-19)12-16(25)22-20(2,13-21)15-8-9-15/h3-7,15H,8-12H2,1-2H3,(H,22,25)(H,23,27)/t19-,20-/m1/s1. The van der Waals surface area contributed by atoms with E-state index in [9.17, 15) is 19.6 Å². The predicted octanol–water partition coefficient (Wildman–Crippen LogP) is 1.74. The van der Waals surface area contributed by atoms with E-state index < -0.39 is 28.9 Å². The van der Waals surface area contributed by atoms with Crippen LogP contribution in [0.2, 0.25) is 0 Å². The fraction of sp³-hybridized carbons (Fsp3) is 0.500. The van der Waals surface area contributed by atoms with Gasteiger partial charge in [-0.1, -0.05) is 30.3 Å². The molecule has 1 aromatic carbocycles. The summed E-state index contributed by atoms with van der Waals surface area (Å²) >= 11 is 0. The summed E-state index contributed by atoms with van der Waals surface area (Å²) < 4.78 is 0. The quantitative estimate of drug-likeness (QED) is 0.716. The number of urea groups is 1. The lowest BCUT2D eigenvalue weighted by atomic mass is 9.93. The van der Waals surface area contributed by atoms with E-state index in [1.807, 2.05) is 30.3 Å². The third kappa shape index (κ3) is 3.95. The zero-order valence-electron chi connectivity index (χ0n) is 15.6. The van der Waals surface area contributed by atoms with Crippen molar-refractivity contribution >= 4 is 17.8 Å². The van der Waals surface area contributed by atoms with Crippen molar-refractivity contribution < 1.29 is 14.4 Å². The van der Waals surface area contributed by atoms with Crippen molar-refractivity contribution in [3.8, 4) is 6.07 Å². The van der Waals surface area contributed by atoms with Gasteiger partial charge in [0.2, 0.25) is 5.91 Å². The Kier molecular flexibility index (Phi) is 4.92. The Bertz CT molecular complexity index is 799. The summed E-state index contributed by atoms with van der Waals surface area (Å²) in [6, 6.07) is 11.3. The molecule has 0 unspecified atom stereocenters. The Hall–Kier alpha value is -2.88. The van der Waals surface area contributed by atoms with Crippen LogP contribution in [0.1, 0.15) is 38.7 Å². The van der Waals surface area contributed by atoms with Crippen LogP contribution in [-0.2, 0) is 16.0 Å². The van der Waals surface area contributed by atoms with E-state index in [1.54, 1.807) is 13.8 Å². The molecule has 1 aliphatic heterocycles. The molecule has 1 aliphatic carbocycles. The first-order valence-electron chi connectivity index (χ1n) is 9.18. The molecule has 142 valence electrons. The summed E-state index contributed by atoms with van der Waals surface area (Å²) in [6.07, 6.45) is 2.87. The van der Waals surface area contributed by atoms with Crippen molar-refractivity contribution in [3.05, 3.63) is 35.9 Å². The highest BCUT2D eigenvalue weighted by molar-refractivity contribution is 6.08. The second kappa shape index (κ2) is 7.03. The second-order valence-corrected chi connectivity index (χ2v) is 7.78. The van der Waals surface area contributed by atoms with E-state index in [1.165, 1.54) is 0 Å². The third-order valence-electron chi connectivity index (χ3n) is 5.43. The Morgan fingerprint density at radius 2 is 2.04 bits per heavy atom. The first kappa shape index (κ1) is 18.9. The van der Waals surface area contributed by atoms with E-state index in [0.717, 1.165) is 23.3 Å². The van der Waals surface area contributed by atoms with Gasteiger partial charge in [0.25, 0.3) is 5.91 Å². The number of imide groups is 1. The van der Waals surface area contributed by atoms with Gasteiger partial charge in [0.15, 0.2) is 0 Å². The van der Waals surface area contributed by atoms with Gasteiger partial charge < -0.3 is 10.6 Å². The fourth-order valence-electron chi connectivity index (χ4n) is 3.45. The minimum absolute atomic E-state index is 0.130. The molecule has 0 aromatic heterocycles. The van der Waals surface area contributed by atoms with Crippen molar-refractivity contribution in [3.63, 3.8) is 0 Å². The summed E-state index contributed by atoms with van der Waals surface area (Å²) in [5, 5.41) is 14.7. The average Bonchev–Trinajstić information content (AvgIpc) is 3.47. The molecular weight excluding hydrogens is 344 g/mol. The van der Waals surface area contributed by atoms with Crippen LogP contribution < -0.4 is 10.6 Å². The van der Waals surface area contributed by atoms with E-state index in [4.69, 9.17) is 0 Å². The molecule has 3 rings (SSSR count). The van der Waals surface area contributed by atoms with E-state index in [0.29, 0.717) is 12.8 Å². The number of rotatable bonds is 7. The number of aryl methyl sites for hydroxylation is 1. The minimum Gasteiger partial charge on any atom is -0.336 e. The number of hydrogen-bond acceptors (Lipinski definition) is 4. The zero-order chi connectivity index (χ0) is 19.7. The lowest BCUT2D eigenvalue weighted by molar-refractivity contribution is -0.135. The van der Waals surface area contributed by atoms with Crippen LogP contribution in [0, 0.1) is 17.2 Å². The minimum atomic E-state index is -1.04. The van der Waals surface area contributed by atoms with Gasteiger partial charge in [0, 0.05) is 0 Å². The molecule has 1 saturated heterocycles. The number of carbonyl (C=O) groups is 3. The van der Waals surface area contributed by atoms with Gasteiger partial charge >= 0.3 is 6.03 Å². The lowest BCUT2D eigenvalue weighted by Crippen LogP contribution is -2.51. The summed E-state index contributed by atoms with van der Waals surface area (Å²) in [4.78, 5) is 38.3. The third-order valence-corrected chi connectivity index (χ3v) is 5.43. The first-order valence-corrected chi connectivity index (χ1v) is 9.18.